The molecule has 0 bridgehead atoms. The lowest BCUT2D eigenvalue weighted by Gasteiger charge is -2.06. The van der Waals surface area contributed by atoms with Gasteiger partial charge >= 0.3 is 0 Å². The Bertz CT molecular complexity index is 522. The average molecular weight is 243 g/mol. The molecule has 1 rings (SSSR count). The number of benzene rings is 1. The fraction of sp³-hybridized carbons (Fsp3) is 0.222. The fourth-order valence-corrected chi connectivity index (χ4v) is 1.48. The van der Waals surface area contributed by atoms with Crippen molar-refractivity contribution in [2.45, 2.75) is 0 Å². The molecule has 16 heavy (non-hydrogen) atoms. The van der Waals surface area contributed by atoms with Crippen LogP contribution in [0.5, 0.6) is 0 Å². The zero-order chi connectivity index (χ0) is 12.2. The molecule has 0 aliphatic carbocycles. The van der Waals surface area contributed by atoms with Crippen LogP contribution in [0.25, 0.3) is 0 Å². The maximum atomic E-state index is 12.8. The van der Waals surface area contributed by atoms with Crippen molar-refractivity contribution in [2.24, 2.45) is 5.14 Å². The van der Waals surface area contributed by atoms with Crippen LogP contribution in [0.15, 0.2) is 18.2 Å². The summed E-state index contributed by atoms with van der Waals surface area (Å²) in [6, 6.07) is 5.42. The van der Waals surface area contributed by atoms with Crippen molar-refractivity contribution in [1.29, 1.82) is 5.26 Å². The molecule has 0 unspecified atom stereocenters. The normalized spacial score (nSPS) is 10.8. The molecule has 0 amide bonds. The Morgan fingerprint density at radius 2 is 2.19 bits per heavy atom. The zero-order valence-corrected chi connectivity index (χ0v) is 9.09. The number of nitrogens with zero attached hydrogens (tertiary/aromatic N) is 1. The van der Waals surface area contributed by atoms with Crippen molar-refractivity contribution in [3.63, 3.8) is 0 Å². The highest BCUT2D eigenvalue weighted by Gasteiger charge is 2.05. The molecule has 0 aromatic heterocycles. The number of sulfonamides is 1. The summed E-state index contributed by atoms with van der Waals surface area (Å²) >= 11 is 0. The lowest BCUT2D eigenvalue weighted by Crippen LogP contribution is -2.22. The molecular formula is C9H10FN3O2S. The first kappa shape index (κ1) is 12.4. The fourth-order valence-electron chi connectivity index (χ4n) is 1.09. The van der Waals surface area contributed by atoms with Gasteiger partial charge in [-0.1, -0.05) is 0 Å². The second-order valence-corrected chi connectivity index (χ2v) is 4.83. The second kappa shape index (κ2) is 4.92. The Morgan fingerprint density at radius 1 is 1.50 bits per heavy atom. The third-order valence-corrected chi connectivity index (χ3v) is 2.58. The van der Waals surface area contributed by atoms with E-state index in [1.807, 2.05) is 0 Å². The monoisotopic (exact) mass is 243 g/mol. The Kier molecular flexibility index (Phi) is 3.82. The van der Waals surface area contributed by atoms with E-state index >= 15 is 0 Å². The number of hydrogen-bond donors (Lipinski definition) is 2. The molecule has 86 valence electrons. The second-order valence-electron chi connectivity index (χ2n) is 3.10. The van der Waals surface area contributed by atoms with Crippen LogP contribution in [0.1, 0.15) is 5.56 Å². The zero-order valence-electron chi connectivity index (χ0n) is 8.27. The SMILES string of the molecule is N#Cc1cc(F)ccc1NCCS(N)(=O)=O. The van der Waals surface area contributed by atoms with E-state index in [0.29, 0.717) is 5.69 Å². The molecule has 0 saturated heterocycles. The molecule has 5 nitrogen and oxygen atoms in total. The summed E-state index contributed by atoms with van der Waals surface area (Å²) in [6.07, 6.45) is 0. The minimum atomic E-state index is -3.54. The smallest absolute Gasteiger partial charge is 0.210 e. The van der Waals surface area contributed by atoms with Gasteiger partial charge in [0.2, 0.25) is 10.0 Å². The first-order valence-electron chi connectivity index (χ1n) is 4.36. The van der Waals surface area contributed by atoms with E-state index in [1.165, 1.54) is 12.1 Å². The summed E-state index contributed by atoms with van der Waals surface area (Å²) in [5.74, 6) is -0.775. The van der Waals surface area contributed by atoms with E-state index in [9.17, 15) is 12.8 Å². The Labute approximate surface area is 92.7 Å². The largest absolute Gasteiger partial charge is 0.383 e. The molecule has 0 radical (unpaired) electrons. The molecule has 1 aromatic carbocycles. The van der Waals surface area contributed by atoms with Gasteiger partial charge in [0.1, 0.15) is 11.9 Å². The van der Waals surface area contributed by atoms with Gasteiger partial charge in [0.05, 0.1) is 17.0 Å². The van der Waals surface area contributed by atoms with Crippen LogP contribution in [0.4, 0.5) is 10.1 Å². The van der Waals surface area contributed by atoms with Gasteiger partial charge in [0.15, 0.2) is 0 Å². The van der Waals surface area contributed by atoms with Crippen LogP contribution in [0.2, 0.25) is 0 Å². The van der Waals surface area contributed by atoms with E-state index in [-0.39, 0.29) is 17.9 Å². The number of halogens is 1. The van der Waals surface area contributed by atoms with E-state index in [4.69, 9.17) is 10.4 Å². The van der Waals surface area contributed by atoms with Crippen molar-refractivity contribution in [1.82, 2.24) is 0 Å². The minimum absolute atomic E-state index is 0.0686. The Morgan fingerprint density at radius 3 is 2.75 bits per heavy atom. The molecule has 0 saturated carbocycles. The third-order valence-electron chi connectivity index (χ3n) is 1.80. The van der Waals surface area contributed by atoms with Crippen molar-refractivity contribution < 1.29 is 12.8 Å². The molecule has 0 aliphatic heterocycles. The lowest BCUT2D eigenvalue weighted by atomic mass is 10.2. The van der Waals surface area contributed by atoms with Crippen LogP contribution in [0, 0.1) is 17.1 Å². The summed E-state index contributed by atoms with van der Waals surface area (Å²) in [6.45, 7) is 0.0686. The van der Waals surface area contributed by atoms with Gasteiger partial charge in [0, 0.05) is 6.54 Å². The van der Waals surface area contributed by atoms with Crippen molar-refractivity contribution in [3.8, 4) is 6.07 Å². The third kappa shape index (κ3) is 3.84. The van der Waals surface area contributed by atoms with Gasteiger partial charge < -0.3 is 5.32 Å². The lowest BCUT2D eigenvalue weighted by molar-refractivity contribution is 0.598. The van der Waals surface area contributed by atoms with Crippen molar-refractivity contribution >= 4 is 15.7 Å². The molecule has 0 spiro atoms. The first-order chi connectivity index (χ1) is 7.42. The van der Waals surface area contributed by atoms with E-state index in [1.54, 1.807) is 6.07 Å². The summed E-state index contributed by atoms with van der Waals surface area (Å²) in [5.41, 5.74) is 0.502. The quantitative estimate of drug-likeness (QED) is 0.799. The number of nitrogens with one attached hydrogen (secondary N) is 1. The maximum Gasteiger partial charge on any atom is 0.210 e. The molecule has 1 aromatic rings. The predicted octanol–water partition coefficient (Wildman–Crippen LogP) is 0.398. The van der Waals surface area contributed by atoms with Crippen molar-refractivity contribution in [3.05, 3.63) is 29.6 Å². The van der Waals surface area contributed by atoms with Gasteiger partial charge in [-0.05, 0) is 18.2 Å². The molecule has 0 aliphatic rings. The molecule has 0 atom stereocenters. The Balaban J connectivity index is 2.72. The van der Waals surface area contributed by atoms with Crippen LogP contribution >= 0.6 is 0 Å². The van der Waals surface area contributed by atoms with E-state index in [2.05, 4.69) is 5.32 Å². The number of primary sulfonamides is 1. The van der Waals surface area contributed by atoms with Crippen molar-refractivity contribution in [2.75, 3.05) is 17.6 Å². The molecule has 0 fully saturated rings. The summed E-state index contributed by atoms with van der Waals surface area (Å²) in [4.78, 5) is 0. The number of anilines is 1. The van der Waals surface area contributed by atoms with Crippen LogP contribution < -0.4 is 10.5 Å². The summed E-state index contributed by atoms with van der Waals surface area (Å²) < 4.78 is 34.0. The maximum absolute atomic E-state index is 12.8. The van der Waals surface area contributed by atoms with Gasteiger partial charge in [0.25, 0.3) is 0 Å². The van der Waals surface area contributed by atoms with Crippen LogP contribution in [-0.4, -0.2) is 20.7 Å². The highest BCUT2D eigenvalue weighted by Crippen LogP contribution is 2.15. The standard InChI is InChI=1S/C9H10FN3O2S/c10-8-1-2-9(7(5-8)6-11)13-3-4-16(12,14)15/h1-2,5,13H,3-4H2,(H2,12,14,15). The summed E-state index contributed by atoms with van der Waals surface area (Å²) in [7, 11) is -3.54. The van der Waals surface area contributed by atoms with E-state index in [0.717, 1.165) is 6.07 Å². The minimum Gasteiger partial charge on any atom is -0.383 e. The van der Waals surface area contributed by atoms with Gasteiger partial charge in [-0.15, -0.1) is 0 Å². The Hall–Kier alpha value is -1.65. The number of nitriles is 1. The number of nitrogens with two attached hydrogens (primary N) is 1. The highest BCUT2D eigenvalue weighted by molar-refractivity contribution is 7.89. The molecule has 0 heterocycles. The van der Waals surface area contributed by atoms with Gasteiger partial charge in [-0.25, -0.2) is 17.9 Å². The average Bonchev–Trinajstić information content (AvgIpc) is 2.18. The first-order valence-corrected chi connectivity index (χ1v) is 6.08. The predicted molar refractivity (Wildman–Crippen MR) is 57.6 cm³/mol. The number of rotatable bonds is 4. The van der Waals surface area contributed by atoms with Crippen LogP contribution in [-0.2, 0) is 10.0 Å². The number of hydrogen-bond acceptors (Lipinski definition) is 4. The highest BCUT2D eigenvalue weighted by atomic mass is 32.2. The van der Waals surface area contributed by atoms with Gasteiger partial charge in [-0.2, -0.15) is 5.26 Å². The topological polar surface area (TPSA) is 96.0 Å². The van der Waals surface area contributed by atoms with Crippen LogP contribution in [0.3, 0.4) is 0 Å². The molecule has 7 heteroatoms. The molecule has 3 N–H and O–H groups in total. The van der Waals surface area contributed by atoms with Gasteiger partial charge in [-0.3, -0.25) is 0 Å². The van der Waals surface area contributed by atoms with E-state index < -0.39 is 15.8 Å². The summed E-state index contributed by atoms with van der Waals surface area (Å²) in [5, 5.41) is 16.2. The molecular weight excluding hydrogens is 233 g/mol.